The highest BCUT2D eigenvalue weighted by molar-refractivity contribution is 8.76. The third-order valence-corrected chi connectivity index (χ3v) is 13.2. The van der Waals surface area contributed by atoms with Crippen LogP contribution in [0.15, 0.2) is 90.1 Å². The van der Waals surface area contributed by atoms with Gasteiger partial charge in [-0.2, -0.15) is 0 Å². The van der Waals surface area contributed by atoms with Gasteiger partial charge in [-0.1, -0.05) is 65.4 Å². The average molecular weight is 790 g/mol. The van der Waals surface area contributed by atoms with Gasteiger partial charge in [-0.05, 0) is 64.2 Å². The minimum absolute atomic E-state index is 0.0167. The van der Waals surface area contributed by atoms with E-state index in [0.29, 0.717) is 48.3 Å². The van der Waals surface area contributed by atoms with E-state index in [1.165, 1.54) is 10.8 Å². The summed E-state index contributed by atoms with van der Waals surface area (Å²) < 4.78 is 5.60. The van der Waals surface area contributed by atoms with Crippen molar-refractivity contribution in [2.24, 2.45) is 0 Å². The van der Waals surface area contributed by atoms with Gasteiger partial charge in [0, 0.05) is 83.5 Å². The van der Waals surface area contributed by atoms with E-state index >= 15 is 0 Å². The van der Waals surface area contributed by atoms with Crippen LogP contribution in [0, 0.1) is 0 Å². The second-order valence-electron chi connectivity index (χ2n) is 13.2. The largest absolute Gasteiger partial charge is 0.507 e. The number of carbonyl (C=O) groups is 3. The number of pyridine rings is 1. The van der Waals surface area contributed by atoms with Crippen molar-refractivity contribution in [3.05, 3.63) is 96.2 Å². The molecule has 3 amide bonds. The number of rotatable bonds is 12. The van der Waals surface area contributed by atoms with Gasteiger partial charge in [-0.15, -0.1) is 23.2 Å². The average Bonchev–Trinajstić information content (AvgIpc) is 3.75. The van der Waals surface area contributed by atoms with Gasteiger partial charge in [-0.25, -0.2) is 9.78 Å². The van der Waals surface area contributed by atoms with Gasteiger partial charge in [0.05, 0.1) is 11.4 Å². The maximum absolute atomic E-state index is 13.9. The summed E-state index contributed by atoms with van der Waals surface area (Å²) in [5, 5.41) is 17.9. The maximum atomic E-state index is 13.9. The van der Waals surface area contributed by atoms with Gasteiger partial charge in [0.15, 0.2) is 0 Å². The number of hydrogen-bond donors (Lipinski definition) is 2. The fourth-order valence-corrected chi connectivity index (χ4v) is 9.63. The number of carbonyl (C=O) groups excluding carboxylic acids is 3. The third-order valence-electron chi connectivity index (χ3n) is 9.69. The van der Waals surface area contributed by atoms with Crippen molar-refractivity contribution in [1.82, 2.24) is 4.98 Å². The standard InChI is InChI=1S/C40H38Cl2N4O5S2/c1-24(52-53-35-13-6-7-16-43-35)23-51-40(50)44-31-17-32-38(29-11-4-2-9-27(29)31)25(19-41)21-45(32)36(48)14-8-15-37(49)46-22-26(20-42)39-30-12-5-3-10-28(30)34(47)18-33(39)46/h2-7,9-13,16-18,24-26,47H,8,14-15,19-23H2,1H3,(H,44,50)/t24?,25-,26-/m1/s1. The molecule has 2 N–H and O–H groups in total. The van der Waals surface area contributed by atoms with Crippen molar-refractivity contribution in [3.63, 3.8) is 0 Å². The third kappa shape index (κ3) is 7.76. The quantitative estimate of drug-likeness (QED) is 0.0950. The summed E-state index contributed by atoms with van der Waals surface area (Å²) in [4.78, 5) is 48.3. The summed E-state index contributed by atoms with van der Waals surface area (Å²) in [6, 6.07) is 24.5. The minimum atomic E-state index is -0.588. The Hall–Kier alpha value is -4.16. The molecule has 0 aliphatic carbocycles. The van der Waals surface area contributed by atoms with Crippen molar-refractivity contribution < 1.29 is 24.2 Å². The van der Waals surface area contributed by atoms with E-state index in [1.54, 1.807) is 32.9 Å². The molecule has 0 fully saturated rings. The van der Waals surface area contributed by atoms with Gasteiger partial charge in [0.25, 0.3) is 0 Å². The second-order valence-corrected chi connectivity index (χ2v) is 16.5. The monoisotopic (exact) mass is 788 g/mol. The van der Waals surface area contributed by atoms with Crippen LogP contribution in [0.3, 0.4) is 0 Å². The van der Waals surface area contributed by atoms with Gasteiger partial charge < -0.3 is 19.6 Å². The van der Waals surface area contributed by atoms with E-state index in [-0.39, 0.29) is 54.1 Å². The van der Waals surface area contributed by atoms with Crippen LogP contribution < -0.4 is 15.1 Å². The fourth-order valence-electron chi connectivity index (χ4n) is 7.26. The number of phenolic OH excluding ortho intramolecular Hbond substituents is 1. The van der Waals surface area contributed by atoms with Gasteiger partial charge in [0.1, 0.15) is 17.4 Å². The molecule has 53 heavy (non-hydrogen) atoms. The van der Waals surface area contributed by atoms with Crippen molar-refractivity contribution in [3.8, 4) is 5.75 Å². The topological polar surface area (TPSA) is 112 Å². The first-order valence-electron chi connectivity index (χ1n) is 17.5. The molecule has 2 aliphatic rings. The van der Waals surface area contributed by atoms with Gasteiger partial charge in [0.2, 0.25) is 11.8 Å². The van der Waals surface area contributed by atoms with E-state index < -0.39 is 6.09 Å². The van der Waals surface area contributed by atoms with Crippen molar-refractivity contribution >= 4 is 101 Å². The van der Waals surface area contributed by atoms with Crippen LogP contribution in [0.4, 0.5) is 21.9 Å². The molecule has 13 heteroatoms. The number of amides is 3. The molecule has 0 saturated carbocycles. The lowest BCUT2D eigenvalue weighted by Gasteiger charge is -2.21. The Balaban J connectivity index is 1.03. The SMILES string of the molecule is CC(COC(=O)Nc1cc2c(c3ccccc13)[C@H](CCl)CN2C(=O)CCCC(=O)N1C[C@@H](CCl)c2c1cc(O)c1ccccc21)SSc1ccccn1. The Morgan fingerprint density at radius 3 is 2.02 bits per heavy atom. The Bertz CT molecular complexity index is 2170. The van der Waals surface area contributed by atoms with Crippen LogP contribution in [0.2, 0.25) is 0 Å². The predicted molar refractivity (Wildman–Crippen MR) is 217 cm³/mol. The van der Waals surface area contributed by atoms with E-state index in [9.17, 15) is 19.5 Å². The molecular formula is C40H38Cl2N4O5S2. The molecular weight excluding hydrogens is 752 g/mol. The molecule has 0 spiro atoms. The Morgan fingerprint density at radius 2 is 1.42 bits per heavy atom. The molecule has 0 saturated heterocycles. The molecule has 0 bridgehead atoms. The summed E-state index contributed by atoms with van der Waals surface area (Å²) in [7, 11) is 3.10. The minimum Gasteiger partial charge on any atom is -0.507 e. The second kappa shape index (κ2) is 16.5. The fraction of sp³-hybridized carbons (Fsp3) is 0.300. The molecule has 1 aromatic heterocycles. The van der Waals surface area contributed by atoms with Crippen LogP contribution in [0.1, 0.15) is 49.1 Å². The molecule has 2 aliphatic heterocycles. The number of hydrogen-bond acceptors (Lipinski definition) is 8. The summed E-state index contributed by atoms with van der Waals surface area (Å²) in [5.41, 5.74) is 3.82. The normalized spacial score (nSPS) is 16.8. The number of halogens is 2. The van der Waals surface area contributed by atoms with E-state index in [2.05, 4.69) is 10.3 Å². The van der Waals surface area contributed by atoms with Crippen LogP contribution in [-0.2, 0) is 14.3 Å². The lowest BCUT2D eigenvalue weighted by molar-refractivity contribution is -0.119. The molecule has 4 aromatic carbocycles. The summed E-state index contributed by atoms with van der Waals surface area (Å²) in [6.45, 7) is 3.00. The van der Waals surface area contributed by atoms with Crippen LogP contribution >= 0.6 is 44.8 Å². The van der Waals surface area contributed by atoms with E-state index in [4.69, 9.17) is 27.9 Å². The number of ether oxygens (including phenoxy) is 1. The highest BCUT2D eigenvalue weighted by Crippen LogP contribution is 2.47. The number of aromatic hydroxyl groups is 1. The zero-order valence-corrected chi connectivity index (χ0v) is 32.1. The van der Waals surface area contributed by atoms with Crippen molar-refractivity contribution in [2.45, 2.75) is 48.3 Å². The van der Waals surface area contributed by atoms with Crippen LogP contribution in [0.5, 0.6) is 5.75 Å². The zero-order chi connectivity index (χ0) is 37.1. The first kappa shape index (κ1) is 37.2. The number of alkyl halides is 2. The first-order chi connectivity index (χ1) is 25.8. The smallest absolute Gasteiger partial charge is 0.411 e. The molecule has 274 valence electrons. The lowest BCUT2D eigenvalue weighted by atomic mass is 9.95. The van der Waals surface area contributed by atoms with E-state index in [1.807, 2.05) is 79.7 Å². The predicted octanol–water partition coefficient (Wildman–Crippen LogP) is 9.68. The Morgan fingerprint density at radius 1 is 0.849 bits per heavy atom. The number of anilines is 3. The lowest BCUT2D eigenvalue weighted by Crippen LogP contribution is -2.32. The molecule has 3 heterocycles. The number of nitrogens with one attached hydrogen (secondary N) is 1. The number of fused-ring (bicyclic) bond motifs is 6. The molecule has 0 radical (unpaired) electrons. The molecule has 7 rings (SSSR count). The number of phenols is 1. The number of benzene rings is 4. The maximum Gasteiger partial charge on any atom is 0.411 e. The van der Waals surface area contributed by atoms with Crippen LogP contribution in [0.25, 0.3) is 21.5 Å². The highest BCUT2D eigenvalue weighted by atomic mass is 35.5. The Labute approximate surface area is 325 Å². The number of nitrogens with zero attached hydrogens (tertiary/aromatic N) is 3. The van der Waals surface area contributed by atoms with Crippen LogP contribution in [-0.4, -0.2) is 64.7 Å². The van der Waals surface area contributed by atoms with Gasteiger partial charge >= 0.3 is 6.09 Å². The molecule has 9 nitrogen and oxygen atoms in total. The summed E-state index contributed by atoms with van der Waals surface area (Å²) in [6.07, 6.45) is 1.79. The van der Waals surface area contributed by atoms with E-state index in [0.717, 1.165) is 37.7 Å². The number of aromatic nitrogens is 1. The zero-order valence-electron chi connectivity index (χ0n) is 29.0. The summed E-state index contributed by atoms with van der Waals surface area (Å²) in [5.74, 6) is 0.351. The molecule has 5 aromatic rings. The van der Waals surface area contributed by atoms with Crippen molar-refractivity contribution in [2.75, 3.05) is 46.6 Å². The van der Waals surface area contributed by atoms with Crippen molar-refractivity contribution in [1.29, 1.82) is 0 Å². The summed E-state index contributed by atoms with van der Waals surface area (Å²) >= 11 is 12.9. The molecule has 1 unspecified atom stereocenters. The molecule has 3 atom stereocenters. The highest BCUT2D eigenvalue weighted by Gasteiger charge is 2.36. The Kier molecular flexibility index (Phi) is 11.5. The van der Waals surface area contributed by atoms with Gasteiger partial charge in [-0.3, -0.25) is 14.9 Å². The first-order valence-corrected chi connectivity index (χ1v) is 20.8.